The number of pyridine rings is 1. The molecule has 3 amide bonds. The second-order valence-corrected chi connectivity index (χ2v) is 11.8. The van der Waals surface area contributed by atoms with Crippen LogP contribution in [0.1, 0.15) is 36.0 Å². The third kappa shape index (κ3) is 6.57. The summed E-state index contributed by atoms with van der Waals surface area (Å²) in [5.74, 6) is 0.139. The first kappa shape index (κ1) is 28.9. The van der Waals surface area contributed by atoms with E-state index >= 15 is 0 Å². The molecule has 0 radical (unpaired) electrons. The molecule has 3 aliphatic rings. The van der Waals surface area contributed by atoms with Crippen molar-refractivity contribution in [1.29, 1.82) is 0 Å². The van der Waals surface area contributed by atoms with Crippen LogP contribution in [-0.2, 0) is 4.79 Å². The smallest absolute Gasteiger partial charge is 0.407 e. The van der Waals surface area contributed by atoms with Crippen molar-refractivity contribution >= 4 is 17.9 Å². The molecule has 1 atom stereocenters. The standard InChI is InChI=1S/C34H39N5O4/c40-32(37-18-20-38(21-19-37)34(42)43)27-12-7-15-39(24-27)29-13-16-36(17-14-29)33(41)28-22-30(25-8-3-1-4-9-25)35-31(23-28)26-10-5-2-6-11-26/h1-6,8-11,22-23,27,29H,7,12-21,24H2,(H,42,43)/t27-/m1/s1. The van der Waals surface area contributed by atoms with Crippen molar-refractivity contribution in [2.75, 3.05) is 52.4 Å². The van der Waals surface area contributed by atoms with E-state index < -0.39 is 6.09 Å². The monoisotopic (exact) mass is 581 g/mol. The van der Waals surface area contributed by atoms with Crippen LogP contribution in [-0.4, -0.2) is 106 Å². The van der Waals surface area contributed by atoms with Crippen molar-refractivity contribution in [3.05, 3.63) is 78.4 Å². The van der Waals surface area contributed by atoms with E-state index in [1.807, 2.05) is 82.6 Å². The molecule has 3 aliphatic heterocycles. The molecule has 3 saturated heterocycles. The third-order valence-electron chi connectivity index (χ3n) is 9.14. The van der Waals surface area contributed by atoms with E-state index in [9.17, 15) is 19.5 Å². The van der Waals surface area contributed by atoms with Gasteiger partial charge in [0.1, 0.15) is 0 Å². The predicted molar refractivity (Wildman–Crippen MR) is 165 cm³/mol. The summed E-state index contributed by atoms with van der Waals surface area (Å²) in [5, 5.41) is 9.22. The molecule has 3 aromatic rings. The first-order chi connectivity index (χ1) is 21.0. The number of likely N-dealkylation sites (tertiary alicyclic amines) is 2. The number of piperidine rings is 2. The normalized spacial score (nSPS) is 20.2. The number of rotatable bonds is 5. The predicted octanol–water partition coefficient (Wildman–Crippen LogP) is 4.55. The molecule has 43 heavy (non-hydrogen) atoms. The molecule has 1 aromatic heterocycles. The topological polar surface area (TPSA) is 97.3 Å². The van der Waals surface area contributed by atoms with Crippen LogP contribution in [0.25, 0.3) is 22.5 Å². The first-order valence-electron chi connectivity index (χ1n) is 15.4. The van der Waals surface area contributed by atoms with Gasteiger partial charge in [-0.05, 0) is 44.4 Å². The van der Waals surface area contributed by atoms with Crippen molar-refractivity contribution in [2.24, 2.45) is 5.92 Å². The zero-order valence-electron chi connectivity index (χ0n) is 24.5. The molecular formula is C34H39N5O4. The molecule has 0 spiro atoms. The summed E-state index contributed by atoms with van der Waals surface area (Å²) in [7, 11) is 0. The maximum atomic E-state index is 13.8. The third-order valence-corrected chi connectivity index (χ3v) is 9.14. The first-order valence-corrected chi connectivity index (χ1v) is 15.4. The van der Waals surface area contributed by atoms with Crippen LogP contribution in [0.5, 0.6) is 0 Å². The summed E-state index contributed by atoms with van der Waals surface area (Å²) < 4.78 is 0. The van der Waals surface area contributed by atoms with Gasteiger partial charge in [0.05, 0.1) is 17.3 Å². The zero-order valence-corrected chi connectivity index (χ0v) is 24.5. The molecule has 0 bridgehead atoms. The summed E-state index contributed by atoms with van der Waals surface area (Å²) in [5.41, 5.74) is 4.18. The highest BCUT2D eigenvalue weighted by molar-refractivity contribution is 5.96. The summed E-state index contributed by atoms with van der Waals surface area (Å²) in [4.78, 5) is 50.9. The Morgan fingerprint density at radius 2 is 1.23 bits per heavy atom. The van der Waals surface area contributed by atoms with Crippen molar-refractivity contribution in [2.45, 2.75) is 31.7 Å². The van der Waals surface area contributed by atoms with Crippen LogP contribution in [0.15, 0.2) is 72.8 Å². The zero-order chi connectivity index (χ0) is 29.8. The minimum atomic E-state index is -0.919. The van der Waals surface area contributed by atoms with Crippen LogP contribution < -0.4 is 0 Å². The van der Waals surface area contributed by atoms with E-state index in [-0.39, 0.29) is 17.7 Å². The van der Waals surface area contributed by atoms with Gasteiger partial charge < -0.3 is 19.8 Å². The van der Waals surface area contributed by atoms with Gasteiger partial charge in [-0.2, -0.15) is 0 Å². The number of piperazine rings is 1. The Labute approximate surface area is 252 Å². The van der Waals surface area contributed by atoms with Gasteiger partial charge in [-0.15, -0.1) is 0 Å². The number of aromatic nitrogens is 1. The van der Waals surface area contributed by atoms with E-state index in [2.05, 4.69) is 4.90 Å². The van der Waals surface area contributed by atoms with Crippen LogP contribution in [0.3, 0.4) is 0 Å². The molecule has 6 rings (SSSR count). The fourth-order valence-corrected chi connectivity index (χ4v) is 6.70. The Hall–Kier alpha value is -4.24. The van der Waals surface area contributed by atoms with Crippen LogP contribution in [0, 0.1) is 5.92 Å². The Morgan fingerprint density at radius 3 is 1.79 bits per heavy atom. The summed E-state index contributed by atoms with van der Waals surface area (Å²) >= 11 is 0. The lowest BCUT2D eigenvalue weighted by atomic mass is 9.92. The van der Waals surface area contributed by atoms with E-state index in [4.69, 9.17) is 4.98 Å². The lowest BCUT2D eigenvalue weighted by Gasteiger charge is -2.43. The number of nitrogens with zero attached hydrogens (tertiary/aromatic N) is 5. The number of benzene rings is 2. The molecule has 2 aromatic carbocycles. The van der Waals surface area contributed by atoms with Crippen LogP contribution in [0.2, 0.25) is 0 Å². The SMILES string of the molecule is O=C(O)N1CCN(C(=O)[C@@H]2CCCN(C3CCN(C(=O)c4cc(-c5ccccc5)nc(-c5ccccc5)c4)CC3)C2)CC1. The molecular weight excluding hydrogens is 542 g/mol. The van der Waals surface area contributed by atoms with E-state index in [1.165, 1.54) is 4.90 Å². The lowest BCUT2D eigenvalue weighted by Crippen LogP contribution is -2.55. The summed E-state index contributed by atoms with van der Waals surface area (Å²) in [6, 6.07) is 24.1. The van der Waals surface area contributed by atoms with Gasteiger partial charge in [0, 0.05) is 68.5 Å². The van der Waals surface area contributed by atoms with Crippen LogP contribution >= 0.6 is 0 Å². The molecule has 3 fully saturated rings. The highest BCUT2D eigenvalue weighted by Gasteiger charge is 2.35. The second-order valence-electron chi connectivity index (χ2n) is 11.8. The number of hydrogen-bond donors (Lipinski definition) is 1. The Bertz CT molecular complexity index is 1380. The minimum Gasteiger partial charge on any atom is -0.465 e. The average molecular weight is 582 g/mol. The average Bonchev–Trinajstić information content (AvgIpc) is 3.08. The molecule has 9 nitrogen and oxygen atoms in total. The van der Waals surface area contributed by atoms with Crippen molar-refractivity contribution in [3.63, 3.8) is 0 Å². The van der Waals surface area contributed by atoms with Gasteiger partial charge >= 0.3 is 6.09 Å². The van der Waals surface area contributed by atoms with Crippen LogP contribution in [0.4, 0.5) is 4.79 Å². The molecule has 4 heterocycles. The van der Waals surface area contributed by atoms with Gasteiger partial charge in [0.15, 0.2) is 0 Å². The van der Waals surface area contributed by atoms with Gasteiger partial charge in [-0.1, -0.05) is 60.7 Å². The molecule has 224 valence electrons. The Morgan fingerprint density at radius 1 is 0.674 bits per heavy atom. The van der Waals surface area contributed by atoms with E-state index in [0.717, 1.165) is 61.3 Å². The Balaban J connectivity index is 1.10. The number of hydrogen-bond acceptors (Lipinski definition) is 5. The Kier molecular flexibility index (Phi) is 8.69. The van der Waals surface area contributed by atoms with Crippen molar-refractivity contribution < 1.29 is 19.5 Å². The fraction of sp³-hybridized carbons (Fsp3) is 0.412. The van der Waals surface area contributed by atoms with Gasteiger partial charge in [-0.3, -0.25) is 14.5 Å². The lowest BCUT2D eigenvalue weighted by molar-refractivity contribution is -0.139. The molecule has 1 N–H and O–H groups in total. The molecule has 9 heteroatoms. The highest BCUT2D eigenvalue weighted by Crippen LogP contribution is 2.28. The fourth-order valence-electron chi connectivity index (χ4n) is 6.70. The van der Waals surface area contributed by atoms with Gasteiger partial charge in [0.25, 0.3) is 5.91 Å². The summed E-state index contributed by atoms with van der Waals surface area (Å²) in [6.07, 6.45) is 2.70. The van der Waals surface area contributed by atoms with E-state index in [1.54, 1.807) is 0 Å². The number of carbonyl (C=O) groups is 3. The molecule has 0 saturated carbocycles. The van der Waals surface area contributed by atoms with Crippen molar-refractivity contribution in [3.8, 4) is 22.5 Å². The summed E-state index contributed by atoms with van der Waals surface area (Å²) in [6.45, 7) is 4.76. The van der Waals surface area contributed by atoms with Gasteiger partial charge in [-0.25, -0.2) is 9.78 Å². The largest absolute Gasteiger partial charge is 0.465 e. The quantitative estimate of drug-likeness (QED) is 0.475. The second kappa shape index (κ2) is 13.0. The highest BCUT2D eigenvalue weighted by atomic mass is 16.4. The van der Waals surface area contributed by atoms with E-state index in [0.29, 0.717) is 50.9 Å². The maximum absolute atomic E-state index is 13.8. The van der Waals surface area contributed by atoms with Gasteiger partial charge in [0.2, 0.25) is 5.91 Å². The number of amides is 3. The molecule has 0 aliphatic carbocycles. The minimum absolute atomic E-state index is 0.0300. The number of carbonyl (C=O) groups excluding carboxylic acids is 2. The van der Waals surface area contributed by atoms with Crippen molar-refractivity contribution in [1.82, 2.24) is 24.6 Å². The number of carboxylic acid groups (broad SMARTS) is 1. The maximum Gasteiger partial charge on any atom is 0.407 e. The molecule has 0 unspecified atom stereocenters.